The van der Waals surface area contributed by atoms with Gasteiger partial charge in [0.2, 0.25) is 0 Å². The molecule has 96 valence electrons. The molecular formula is C15H19NO2. The van der Waals surface area contributed by atoms with Crippen molar-refractivity contribution in [1.82, 2.24) is 4.90 Å². The summed E-state index contributed by atoms with van der Waals surface area (Å²) in [5.74, 6) is -0.249. The van der Waals surface area contributed by atoms with Crippen LogP contribution in [0.25, 0.3) is 0 Å². The van der Waals surface area contributed by atoms with Gasteiger partial charge in [0.25, 0.3) is 0 Å². The summed E-state index contributed by atoms with van der Waals surface area (Å²) in [5, 5.41) is 9.40. The molecule has 2 aliphatic rings. The summed E-state index contributed by atoms with van der Waals surface area (Å²) < 4.78 is 0. The highest BCUT2D eigenvalue weighted by molar-refractivity contribution is 5.77. The number of carboxylic acid groups (broad SMARTS) is 1. The van der Waals surface area contributed by atoms with Crippen LogP contribution in [-0.4, -0.2) is 28.6 Å². The van der Waals surface area contributed by atoms with E-state index in [1.807, 2.05) is 18.2 Å². The molecule has 1 atom stereocenters. The maximum atomic E-state index is 11.4. The van der Waals surface area contributed by atoms with E-state index < -0.39 is 5.97 Å². The minimum Gasteiger partial charge on any atom is -0.481 e. The van der Waals surface area contributed by atoms with Gasteiger partial charge in [-0.25, -0.2) is 0 Å². The van der Waals surface area contributed by atoms with Crippen LogP contribution in [0.15, 0.2) is 24.3 Å². The average Bonchev–Trinajstić information content (AvgIpc) is 2.33. The Bertz CT molecular complexity index is 465. The van der Waals surface area contributed by atoms with Crippen LogP contribution in [0.4, 0.5) is 0 Å². The highest BCUT2D eigenvalue weighted by Gasteiger charge is 2.37. The van der Waals surface area contributed by atoms with Crippen molar-refractivity contribution in [2.75, 3.05) is 6.54 Å². The van der Waals surface area contributed by atoms with Crippen LogP contribution in [0.5, 0.6) is 0 Å². The van der Waals surface area contributed by atoms with E-state index in [1.165, 1.54) is 18.4 Å². The SMILES string of the molecule is CC1CC(N2Cc3ccccc3C(C(=O)O)C2)C1. The van der Waals surface area contributed by atoms with Crippen molar-refractivity contribution in [3.63, 3.8) is 0 Å². The fraction of sp³-hybridized carbons (Fsp3) is 0.533. The maximum Gasteiger partial charge on any atom is 0.312 e. The van der Waals surface area contributed by atoms with Gasteiger partial charge in [-0.1, -0.05) is 31.2 Å². The van der Waals surface area contributed by atoms with Crippen LogP contribution < -0.4 is 0 Å². The molecule has 0 bridgehead atoms. The fourth-order valence-corrected chi connectivity index (χ4v) is 3.28. The number of rotatable bonds is 2. The summed E-state index contributed by atoms with van der Waals surface area (Å²) in [6.07, 6.45) is 2.43. The van der Waals surface area contributed by atoms with Gasteiger partial charge >= 0.3 is 5.97 Å². The molecule has 3 heteroatoms. The summed E-state index contributed by atoms with van der Waals surface area (Å²) >= 11 is 0. The lowest BCUT2D eigenvalue weighted by Gasteiger charge is -2.45. The Morgan fingerprint density at radius 3 is 2.72 bits per heavy atom. The van der Waals surface area contributed by atoms with E-state index in [9.17, 15) is 9.90 Å². The molecule has 1 N–H and O–H groups in total. The Labute approximate surface area is 107 Å². The van der Waals surface area contributed by atoms with Crippen molar-refractivity contribution in [2.45, 2.75) is 38.3 Å². The Morgan fingerprint density at radius 1 is 1.33 bits per heavy atom. The Balaban J connectivity index is 1.86. The average molecular weight is 245 g/mol. The largest absolute Gasteiger partial charge is 0.481 e. The molecule has 1 aliphatic heterocycles. The first kappa shape index (κ1) is 11.7. The molecule has 0 spiro atoms. The lowest BCUT2D eigenvalue weighted by Crippen LogP contribution is -2.48. The van der Waals surface area contributed by atoms with E-state index in [2.05, 4.69) is 17.9 Å². The van der Waals surface area contributed by atoms with Crippen molar-refractivity contribution in [3.8, 4) is 0 Å². The minimum atomic E-state index is -0.695. The lowest BCUT2D eigenvalue weighted by atomic mass is 9.78. The van der Waals surface area contributed by atoms with Gasteiger partial charge in [-0.05, 0) is 29.9 Å². The Hall–Kier alpha value is -1.35. The summed E-state index contributed by atoms with van der Waals surface area (Å²) in [6, 6.07) is 8.57. The highest BCUT2D eigenvalue weighted by Crippen LogP contribution is 2.37. The summed E-state index contributed by atoms with van der Waals surface area (Å²) in [4.78, 5) is 13.8. The van der Waals surface area contributed by atoms with Crippen molar-refractivity contribution < 1.29 is 9.90 Å². The molecule has 0 saturated heterocycles. The van der Waals surface area contributed by atoms with E-state index in [4.69, 9.17) is 0 Å². The van der Waals surface area contributed by atoms with Gasteiger partial charge in [-0.3, -0.25) is 9.69 Å². The number of carboxylic acids is 1. The highest BCUT2D eigenvalue weighted by atomic mass is 16.4. The van der Waals surface area contributed by atoms with Gasteiger partial charge in [0.05, 0.1) is 5.92 Å². The van der Waals surface area contributed by atoms with Gasteiger partial charge in [-0.15, -0.1) is 0 Å². The zero-order valence-electron chi connectivity index (χ0n) is 10.7. The van der Waals surface area contributed by atoms with Crippen LogP contribution in [-0.2, 0) is 11.3 Å². The number of hydrogen-bond acceptors (Lipinski definition) is 2. The zero-order chi connectivity index (χ0) is 12.7. The van der Waals surface area contributed by atoms with Crippen LogP contribution in [0, 0.1) is 5.92 Å². The van der Waals surface area contributed by atoms with Gasteiger partial charge in [0, 0.05) is 19.1 Å². The molecule has 1 heterocycles. The molecule has 1 aromatic rings. The monoisotopic (exact) mass is 245 g/mol. The number of carbonyl (C=O) groups is 1. The topological polar surface area (TPSA) is 40.5 Å². The number of nitrogens with zero attached hydrogens (tertiary/aromatic N) is 1. The standard InChI is InChI=1S/C15H19NO2/c1-10-6-12(7-10)16-8-11-4-2-3-5-13(11)14(9-16)15(17)18/h2-5,10,12,14H,6-9H2,1H3,(H,17,18). The predicted octanol–water partition coefficient (Wildman–Crippen LogP) is 2.47. The van der Waals surface area contributed by atoms with E-state index in [0.717, 1.165) is 18.0 Å². The first-order valence-electron chi connectivity index (χ1n) is 6.70. The quantitative estimate of drug-likeness (QED) is 0.870. The van der Waals surface area contributed by atoms with E-state index in [-0.39, 0.29) is 5.92 Å². The first-order chi connectivity index (χ1) is 8.65. The molecule has 1 unspecified atom stereocenters. The second-order valence-electron chi connectivity index (χ2n) is 5.75. The lowest BCUT2D eigenvalue weighted by molar-refractivity contribution is -0.140. The van der Waals surface area contributed by atoms with Crippen LogP contribution in [0.1, 0.15) is 36.8 Å². The van der Waals surface area contributed by atoms with Gasteiger partial charge in [-0.2, -0.15) is 0 Å². The van der Waals surface area contributed by atoms with Crippen molar-refractivity contribution >= 4 is 5.97 Å². The molecule has 0 aromatic heterocycles. The third kappa shape index (κ3) is 1.93. The predicted molar refractivity (Wildman–Crippen MR) is 69.4 cm³/mol. The normalized spacial score (nSPS) is 31.5. The second kappa shape index (κ2) is 4.39. The van der Waals surface area contributed by atoms with Crippen LogP contribution in [0.3, 0.4) is 0 Å². The van der Waals surface area contributed by atoms with Crippen molar-refractivity contribution in [2.24, 2.45) is 5.92 Å². The fourth-order valence-electron chi connectivity index (χ4n) is 3.28. The molecule has 1 saturated carbocycles. The molecule has 3 rings (SSSR count). The van der Waals surface area contributed by atoms with E-state index >= 15 is 0 Å². The van der Waals surface area contributed by atoms with E-state index in [1.54, 1.807) is 0 Å². The van der Waals surface area contributed by atoms with Crippen LogP contribution >= 0.6 is 0 Å². The number of benzene rings is 1. The molecular weight excluding hydrogens is 226 g/mol. The smallest absolute Gasteiger partial charge is 0.312 e. The summed E-state index contributed by atoms with van der Waals surface area (Å²) in [5.41, 5.74) is 2.20. The molecule has 3 nitrogen and oxygen atoms in total. The molecule has 0 radical (unpaired) electrons. The first-order valence-corrected chi connectivity index (χ1v) is 6.70. The number of fused-ring (bicyclic) bond motifs is 1. The Kier molecular flexibility index (Phi) is 2.86. The minimum absolute atomic E-state index is 0.356. The zero-order valence-corrected chi connectivity index (χ0v) is 10.7. The van der Waals surface area contributed by atoms with Gasteiger partial charge in [0.1, 0.15) is 0 Å². The molecule has 18 heavy (non-hydrogen) atoms. The molecule has 1 fully saturated rings. The second-order valence-corrected chi connectivity index (χ2v) is 5.75. The molecule has 0 amide bonds. The van der Waals surface area contributed by atoms with Crippen molar-refractivity contribution in [1.29, 1.82) is 0 Å². The Morgan fingerprint density at radius 2 is 2.06 bits per heavy atom. The third-order valence-electron chi connectivity index (χ3n) is 4.38. The maximum absolute atomic E-state index is 11.4. The number of hydrogen-bond donors (Lipinski definition) is 1. The molecule has 1 aliphatic carbocycles. The summed E-state index contributed by atoms with van der Waals surface area (Å²) in [6.45, 7) is 3.85. The van der Waals surface area contributed by atoms with Crippen molar-refractivity contribution in [3.05, 3.63) is 35.4 Å². The van der Waals surface area contributed by atoms with E-state index in [0.29, 0.717) is 12.6 Å². The number of aliphatic carboxylic acids is 1. The van der Waals surface area contributed by atoms with Gasteiger partial charge < -0.3 is 5.11 Å². The molecule has 1 aromatic carbocycles. The van der Waals surface area contributed by atoms with Gasteiger partial charge in [0.15, 0.2) is 0 Å². The summed E-state index contributed by atoms with van der Waals surface area (Å²) in [7, 11) is 0. The van der Waals surface area contributed by atoms with Crippen LogP contribution in [0.2, 0.25) is 0 Å². The third-order valence-corrected chi connectivity index (χ3v) is 4.38.